The van der Waals surface area contributed by atoms with Crippen molar-refractivity contribution in [2.75, 3.05) is 7.11 Å². The van der Waals surface area contributed by atoms with Gasteiger partial charge in [0, 0.05) is 5.56 Å². The molecule has 0 aliphatic rings. The Balaban J connectivity index is 2.05. The van der Waals surface area contributed by atoms with E-state index >= 15 is 0 Å². The average Bonchev–Trinajstić information content (AvgIpc) is 3.06. The van der Waals surface area contributed by atoms with Crippen LogP contribution >= 0.6 is 22.7 Å². The second-order valence-corrected chi connectivity index (χ2v) is 6.37. The molecule has 0 saturated heterocycles. The van der Waals surface area contributed by atoms with E-state index in [1.54, 1.807) is 30.3 Å². The fourth-order valence-electron chi connectivity index (χ4n) is 1.95. The van der Waals surface area contributed by atoms with E-state index in [0.29, 0.717) is 24.7 Å². The van der Waals surface area contributed by atoms with Gasteiger partial charge in [-0.05, 0) is 6.07 Å². The van der Waals surface area contributed by atoms with Crippen molar-refractivity contribution in [2.45, 2.75) is 0 Å². The largest absolute Gasteiger partial charge is 0.505 e. The minimum atomic E-state index is -0.446. The van der Waals surface area contributed by atoms with Gasteiger partial charge in [0.25, 0.3) is 0 Å². The fraction of sp³-hybridized carbons (Fsp3) is 0.0667. The lowest BCUT2D eigenvalue weighted by molar-refractivity contribution is 0.0606. The summed E-state index contributed by atoms with van der Waals surface area (Å²) in [4.78, 5) is 24.6. The van der Waals surface area contributed by atoms with Crippen LogP contribution in [0.25, 0.3) is 9.40 Å². The highest BCUT2D eigenvalue weighted by molar-refractivity contribution is 7.30. The van der Waals surface area contributed by atoms with Crippen LogP contribution in [-0.4, -0.2) is 24.0 Å². The number of ketones is 1. The molecular weight excluding hydrogens is 308 g/mol. The molecule has 0 aliphatic heterocycles. The second-order valence-electron chi connectivity index (χ2n) is 4.27. The summed E-state index contributed by atoms with van der Waals surface area (Å²) in [5, 5.41) is 10.2. The van der Waals surface area contributed by atoms with E-state index in [-0.39, 0.29) is 11.5 Å². The number of carbonyl (C=O) groups is 2. The molecule has 0 spiro atoms. The van der Waals surface area contributed by atoms with Gasteiger partial charge in [0.05, 0.1) is 16.5 Å². The third kappa shape index (κ3) is 2.32. The average molecular weight is 318 g/mol. The van der Waals surface area contributed by atoms with Crippen LogP contribution < -0.4 is 0 Å². The molecule has 0 amide bonds. The molecule has 6 heteroatoms. The summed E-state index contributed by atoms with van der Waals surface area (Å²) in [7, 11) is 1.31. The zero-order valence-electron chi connectivity index (χ0n) is 11.0. The van der Waals surface area contributed by atoms with Crippen LogP contribution in [0.4, 0.5) is 0 Å². The number of hydrogen-bond acceptors (Lipinski definition) is 6. The number of fused-ring (bicyclic) bond motifs is 1. The number of carbonyl (C=O) groups excluding carboxylic acids is 2. The topological polar surface area (TPSA) is 63.6 Å². The molecule has 4 nitrogen and oxygen atoms in total. The van der Waals surface area contributed by atoms with Gasteiger partial charge in [-0.3, -0.25) is 4.79 Å². The third-order valence-electron chi connectivity index (χ3n) is 2.97. The maximum Gasteiger partial charge on any atom is 0.348 e. The normalized spacial score (nSPS) is 10.7. The van der Waals surface area contributed by atoms with Gasteiger partial charge in [0.15, 0.2) is 5.75 Å². The number of benzene rings is 1. The number of methoxy groups -OCH3 is 1. The van der Waals surface area contributed by atoms with Crippen molar-refractivity contribution in [3.63, 3.8) is 0 Å². The lowest BCUT2D eigenvalue weighted by Gasteiger charge is -1.98. The molecule has 2 heterocycles. The Kier molecular flexibility index (Phi) is 3.48. The molecule has 21 heavy (non-hydrogen) atoms. The van der Waals surface area contributed by atoms with Gasteiger partial charge < -0.3 is 9.84 Å². The van der Waals surface area contributed by atoms with Gasteiger partial charge in [0.2, 0.25) is 5.78 Å². The molecule has 0 atom stereocenters. The van der Waals surface area contributed by atoms with Gasteiger partial charge >= 0.3 is 5.97 Å². The standard InChI is InChI=1S/C15H10O4S2/c1-19-15(18)10-7-9-13(21-10)12(17)14(20-9)11(16)8-5-3-2-4-6-8/h2-7,17H,1H3. The Morgan fingerprint density at radius 3 is 2.48 bits per heavy atom. The molecule has 0 saturated carbocycles. The SMILES string of the molecule is COC(=O)c1cc2sc(C(=O)c3ccccc3)c(O)c2s1. The number of rotatable bonds is 3. The lowest BCUT2D eigenvalue weighted by Crippen LogP contribution is -1.98. The molecule has 106 valence electrons. The van der Waals surface area contributed by atoms with Crippen molar-refractivity contribution in [3.8, 4) is 5.75 Å². The number of ether oxygens (including phenoxy) is 1. The van der Waals surface area contributed by atoms with Crippen LogP contribution in [0.3, 0.4) is 0 Å². The summed E-state index contributed by atoms with van der Waals surface area (Å²) in [5.74, 6) is -0.733. The quantitative estimate of drug-likeness (QED) is 0.591. The van der Waals surface area contributed by atoms with Crippen molar-refractivity contribution in [1.29, 1.82) is 0 Å². The third-order valence-corrected chi connectivity index (χ3v) is 5.34. The summed E-state index contributed by atoms with van der Waals surface area (Å²) < 4.78 is 5.90. The summed E-state index contributed by atoms with van der Waals surface area (Å²) >= 11 is 2.30. The van der Waals surface area contributed by atoms with Gasteiger partial charge in [0.1, 0.15) is 9.75 Å². The first kappa shape index (κ1) is 13.8. The van der Waals surface area contributed by atoms with Crippen LogP contribution in [0.1, 0.15) is 24.9 Å². The number of hydrogen-bond donors (Lipinski definition) is 1. The molecule has 0 unspecified atom stereocenters. The van der Waals surface area contributed by atoms with Crippen molar-refractivity contribution in [1.82, 2.24) is 0 Å². The molecule has 1 N–H and O–H groups in total. The smallest absolute Gasteiger partial charge is 0.348 e. The first-order valence-corrected chi connectivity index (χ1v) is 7.68. The summed E-state index contributed by atoms with van der Waals surface area (Å²) in [6.07, 6.45) is 0. The van der Waals surface area contributed by atoms with Gasteiger partial charge in [-0.2, -0.15) is 0 Å². The molecule has 2 aromatic heterocycles. The van der Waals surface area contributed by atoms with E-state index in [9.17, 15) is 14.7 Å². The molecule has 0 aliphatic carbocycles. The molecule has 3 aromatic rings. The monoisotopic (exact) mass is 318 g/mol. The zero-order valence-corrected chi connectivity index (χ0v) is 12.6. The predicted octanol–water partition coefficient (Wildman–Crippen LogP) is 3.69. The molecule has 0 bridgehead atoms. The van der Waals surface area contributed by atoms with E-state index in [2.05, 4.69) is 4.74 Å². The lowest BCUT2D eigenvalue weighted by atomic mass is 10.1. The number of aromatic hydroxyl groups is 1. The predicted molar refractivity (Wildman–Crippen MR) is 82.6 cm³/mol. The molecule has 0 radical (unpaired) electrons. The highest BCUT2D eigenvalue weighted by atomic mass is 32.1. The van der Waals surface area contributed by atoms with E-state index in [0.717, 1.165) is 11.3 Å². The van der Waals surface area contributed by atoms with Crippen LogP contribution in [0, 0.1) is 0 Å². The summed E-state index contributed by atoms with van der Waals surface area (Å²) in [6.45, 7) is 0. The molecule has 1 aromatic carbocycles. The van der Waals surface area contributed by atoms with E-state index in [4.69, 9.17) is 0 Å². The first-order valence-electron chi connectivity index (χ1n) is 6.05. The Hall–Kier alpha value is -2.18. The second kappa shape index (κ2) is 5.31. The van der Waals surface area contributed by atoms with Crippen molar-refractivity contribution in [2.24, 2.45) is 0 Å². The minimum absolute atomic E-state index is 0.0657. The maximum atomic E-state index is 12.4. The highest BCUT2D eigenvalue weighted by Crippen LogP contribution is 2.43. The maximum absolute atomic E-state index is 12.4. The van der Waals surface area contributed by atoms with Crippen molar-refractivity contribution < 1.29 is 19.4 Å². The minimum Gasteiger partial charge on any atom is -0.505 e. The van der Waals surface area contributed by atoms with Crippen LogP contribution in [0.5, 0.6) is 5.75 Å². The van der Waals surface area contributed by atoms with Crippen LogP contribution in [-0.2, 0) is 4.74 Å². The Morgan fingerprint density at radius 2 is 1.86 bits per heavy atom. The van der Waals surface area contributed by atoms with Gasteiger partial charge in [-0.15, -0.1) is 22.7 Å². The molecule has 0 fully saturated rings. The van der Waals surface area contributed by atoms with Gasteiger partial charge in [-0.25, -0.2) is 4.79 Å². The zero-order chi connectivity index (χ0) is 15.0. The molecular formula is C15H10O4S2. The summed E-state index contributed by atoms with van der Waals surface area (Å²) in [6, 6.07) is 10.4. The summed E-state index contributed by atoms with van der Waals surface area (Å²) in [5.41, 5.74) is 0.523. The van der Waals surface area contributed by atoms with Crippen molar-refractivity contribution in [3.05, 3.63) is 51.7 Å². The molecule has 3 rings (SSSR count). The van der Waals surface area contributed by atoms with Crippen LogP contribution in [0.15, 0.2) is 36.4 Å². The van der Waals surface area contributed by atoms with E-state index < -0.39 is 5.97 Å². The van der Waals surface area contributed by atoms with Crippen molar-refractivity contribution >= 4 is 43.8 Å². The Labute approximate surface area is 128 Å². The Bertz CT molecular complexity index is 830. The van der Waals surface area contributed by atoms with E-state index in [1.165, 1.54) is 18.4 Å². The first-order chi connectivity index (χ1) is 10.1. The van der Waals surface area contributed by atoms with E-state index in [1.807, 2.05) is 6.07 Å². The fourth-order valence-corrected chi connectivity index (χ4v) is 4.26. The number of thiophene rings is 2. The number of esters is 1. The van der Waals surface area contributed by atoms with Gasteiger partial charge in [-0.1, -0.05) is 30.3 Å². The highest BCUT2D eigenvalue weighted by Gasteiger charge is 2.22. The van der Waals surface area contributed by atoms with Crippen LogP contribution in [0.2, 0.25) is 0 Å². The Morgan fingerprint density at radius 1 is 1.14 bits per heavy atom.